The number of hydrogen-bond donors (Lipinski definition) is 1. The molecule has 0 saturated carbocycles. The lowest BCUT2D eigenvalue weighted by Crippen LogP contribution is -2.43. The normalized spacial score (nSPS) is 16.6. The van der Waals surface area contributed by atoms with Crippen LogP contribution in [0.2, 0.25) is 0 Å². The molecule has 112 valence electrons. The average molecular weight is 308 g/mol. The lowest BCUT2D eigenvalue weighted by atomic mass is 10.2. The van der Waals surface area contributed by atoms with Gasteiger partial charge in [-0.2, -0.15) is 13.2 Å². The molecule has 2 rings (SSSR count). The summed E-state index contributed by atoms with van der Waals surface area (Å²) >= 11 is 0.707. The molecule has 20 heavy (non-hydrogen) atoms. The molecule has 7 heteroatoms. The molecule has 1 heterocycles. The second-order valence-corrected chi connectivity index (χ2v) is 5.73. The highest BCUT2D eigenvalue weighted by atomic mass is 32.2. The van der Waals surface area contributed by atoms with E-state index in [2.05, 4.69) is 5.32 Å². The van der Waals surface area contributed by atoms with Crippen molar-refractivity contribution < 1.29 is 17.6 Å². The fourth-order valence-electron chi connectivity index (χ4n) is 2.11. The van der Waals surface area contributed by atoms with E-state index < -0.39 is 11.9 Å². The first-order valence-corrected chi connectivity index (χ1v) is 7.31. The van der Waals surface area contributed by atoms with Gasteiger partial charge in [0.25, 0.3) is 0 Å². The first kappa shape index (κ1) is 15.4. The molecule has 0 aliphatic carbocycles. The number of nitrogens with zero attached hydrogens (tertiary/aromatic N) is 1. The average Bonchev–Trinajstić information content (AvgIpc) is 2.37. The van der Waals surface area contributed by atoms with Gasteiger partial charge in [-0.05, 0) is 24.6 Å². The van der Waals surface area contributed by atoms with Gasteiger partial charge in [-0.3, -0.25) is 0 Å². The monoisotopic (exact) mass is 308 g/mol. The van der Waals surface area contributed by atoms with Gasteiger partial charge in [-0.25, -0.2) is 4.39 Å². The number of thioether (sulfide) groups is 1. The largest absolute Gasteiger partial charge is 0.398 e. The van der Waals surface area contributed by atoms with Crippen LogP contribution >= 0.6 is 11.8 Å². The number of halogens is 4. The molecule has 1 N–H and O–H groups in total. The summed E-state index contributed by atoms with van der Waals surface area (Å²) in [4.78, 5) is 2.35. The zero-order valence-corrected chi connectivity index (χ0v) is 11.9. The number of rotatable bonds is 3. The van der Waals surface area contributed by atoms with Crippen molar-refractivity contribution in [1.29, 1.82) is 0 Å². The van der Waals surface area contributed by atoms with Crippen molar-refractivity contribution in [2.24, 2.45) is 0 Å². The second-order valence-electron chi connectivity index (χ2n) is 4.71. The van der Waals surface area contributed by atoms with Crippen LogP contribution in [-0.4, -0.2) is 38.1 Å². The first-order chi connectivity index (χ1) is 9.37. The van der Waals surface area contributed by atoms with E-state index in [9.17, 15) is 17.6 Å². The molecule has 1 aromatic rings. The summed E-state index contributed by atoms with van der Waals surface area (Å²) in [6.45, 7) is 4.44. The molecule has 0 amide bonds. The smallest absolute Gasteiger partial charge is 0.367 e. The summed E-state index contributed by atoms with van der Waals surface area (Å²) in [5.74, 6) is -1.33. The third-order valence-corrected chi connectivity index (χ3v) is 4.32. The van der Waals surface area contributed by atoms with E-state index in [1.165, 1.54) is 12.1 Å². The van der Waals surface area contributed by atoms with Crippen molar-refractivity contribution in [3.63, 3.8) is 0 Å². The maximum absolute atomic E-state index is 14.0. The summed E-state index contributed by atoms with van der Waals surface area (Å²) in [7, 11) is 0. The topological polar surface area (TPSA) is 15.3 Å². The number of nitrogens with one attached hydrogen (secondary N) is 1. The second kappa shape index (κ2) is 6.22. The van der Waals surface area contributed by atoms with Crippen LogP contribution in [0.5, 0.6) is 0 Å². The van der Waals surface area contributed by atoms with Gasteiger partial charge in [0.2, 0.25) is 0 Å². The van der Waals surface area contributed by atoms with E-state index in [-0.39, 0.29) is 5.82 Å². The standard InChI is InChI=1S/C13H16F4N2S/c1-9-6-10(14)11(19-4-2-18-3-5-19)7-12(9)20-8-13(15,16)17/h6-7,18H,2-5,8H2,1H3. The van der Waals surface area contributed by atoms with Gasteiger partial charge in [0.1, 0.15) is 5.82 Å². The van der Waals surface area contributed by atoms with Crippen molar-refractivity contribution in [3.8, 4) is 0 Å². The molecule has 1 saturated heterocycles. The van der Waals surface area contributed by atoms with Gasteiger partial charge in [0.15, 0.2) is 0 Å². The van der Waals surface area contributed by atoms with Crippen LogP contribution in [0.25, 0.3) is 0 Å². The van der Waals surface area contributed by atoms with Crippen molar-refractivity contribution >= 4 is 17.4 Å². The SMILES string of the molecule is Cc1cc(F)c(N2CCNCC2)cc1SCC(F)(F)F. The van der Waals surface area contributed by atoms with Crippen LogP contribution < -0.4 is 10.2 Å². The minimum absolute atomic E-state index is 0.374. The van der Waals surface area contributed by atoms with Gasteiger partial charge >= 0.3 is 6.18 Å². The van der Waals surface area contributed by atoms with Gasteiger partial charge in [0.05, 0.1) is 11.4 Å². The predicted molar refractivity (Wildman–Crippen MR) is 73.0 cm³/mol. The molecule has 2 nitrogen and oxygen atoms in total. The zero-order valence-electron chi connectivity index (χ0n) is 11.1. The zero-order chi connectivity index (χ0) is 14.8. The number of alkyl halides is 3. The number of benzene rings is 1. The first-order valence-electron chi connectivity index (χ1n) is 6.32. The summed E-state index contributed by atoms with van der Waals surface area (Å²) in [6.07, 6.45) is -4.22. The van der Waals surface area contributed by atoms with Crippen LogP contribution in [0.4, 0.5) is 23.2 Å². The Bertz CT molecular complexity index is 470. The quantitative estimate of drug-likeness (QED) is 0.682. The highest BCUT2D eigenvalue weighted by Crippen LogP contribution is 2.33. The molecule has 1 aliphatic heterocycles. The third kappa shape index (κ3) is 4.02. The summed E-state index contributed by atoms with van der Waals surface area (Å²) in [6, 6.07) is 2.85. The molecule has 0 bridgehead atoms. The highest BCUT2D eigenvalue weighted by Gasteiger charge is 2.28. The highest BCUT2D eigenvalue weighted by molar-refractivity contribution is 7.99. The number of hydrogen-bond acceptors (Lipinski definition) is 3. The Morgan fingerprint density at radius 3 is 2.50 bits per heavy atom. The Kier molecular flexibility index (Phi) is 4.80. The van der Waals surface area contributed by atoms with E-state index in [4.69, 9.17) is 0 Å². The molecule has 1 fully saturated rings. The van der Waals surface area contributed by atoms with Crippen LogP contribution in [0.3, 0.4) is 0 Å². The van der Waals surface area contributed by atoms with Crippen LogP contribution in [0.15, 0.2) is 17.0 Å². The minimum atomic E-state index is -4.22. The predicted octanol–water partition coefficient (Wildman–Crippen LogP) is 3.20. The van der Waals surface area contributed by atoms with Crippen molar-refractivity contribution in [3.05, 3.63) is 23.5 Å². The maximum Gasteiger partial charge on any atom is 0.398 e. The number of anilines is 1. The Morgan fingerprint density at radius 2 is 1.90 bits per heavy atom. The molecular weight excluding hydrogens is 292 g/mol. The van der Waals surface area contributed by atoms with Crippen molar-refractivity contribution in [2.45, 2.75) is 18.0 Å². The molecule has 1 aliphatic rings. The van der Waals surface area contributed by atoms with Gasteiger partial charge < -0.3 is 10.2 Å². The van der Waals surface area contributed by atoms with Crippen LogP contribution in [-0.2, 0) is 0 Å². The Hall–Kier alpha value is -0.950. The molecule has 1 aromatic carbocycles. The molecule has 0 aromatic heterocycles. The fraction of sp³-hybridized carbons (Fsp3) is 0.538. The number of aryl methyl sites for hydroxylation is 1. The Balaban J connectivity index is 2.20. The van der Waals surface area contributed by atoms with E-state index in [1.54, 1.807) is 6.92 Å². The minimum Gasteiger partial charge on any atom is -0.367 e. The van der Waals surface area contributed by atoms with Gasteiger partial charge in [-0.15, -0.1) is 11.8 Å². The number of piperazine rings is 1. The van der Waals surface area contributed by atoms with E-state index in [1.807, 2.05) is 4.90 Å². The van der Waals surface area contributed by atoms with E-state index in [0.717, 1.165) is 13.1 Å². The van der Waals surface area contributed by atoms with E-state index in [0.29, 0.717) is 41.0 Å². The van der Waals surface area contributed by atoms with Crippen molar-refractivity contribution in [2.75, 3.05) is 36.8 Å². The summed E-state index contributed by atoms with van der Waals surface area (Å²) in [5.41, 5.74) is 0.928. The van der Waals surface area contributed by atoms with Crippen molar-refractivity contribution in [1.82, 2.24) is 5.32 Å². The Morgan fingerprint density at radius 1 is 1.25 bits per heavy atom. The van der Waals surface area contributed by atoms with E-state index >= 15 is 0 Å². The van der Waals surface area contributed by atoms with Gasteiger partial charge in [-0.1, -0.05) is 0 Å². The summed E-state index contributed by atoms with van der Waals surface area (Å²) in [5, 5.41) is 3.16. The fourth-order valence-corrected chi connectivity index (χ4v) is 2.91. The van der Waals surface area contributed by atoms with Gasteiger partial charge in [0, 0.05) is 31.1 Å². The third-order valence-electron chi connectivity index (χ3n) is 3.09. The lowest BCUT2D eigenvalue weighted by Gasteiger charge is -2.30. The molecular formula is C13H16F4N2S. The maximum atomic E-state index is 14.0. The lowest BCUT2D eigenvalue weighted by molar-refractivity contribution is -0.105. The molecule has 0 radical (unpaired) electrons. The van der Waals surface area contributed by atoms with Crippen LogP contribution in [0, 0.1) is 12.7 Å². The molecule has 0 unspecified atom stereocenters. The molecule has 0 atom stereocenters. The molecule has 0 spiro atoms. The van der Waals surface area contributed by atoms with Crippen LogP contribution in [0.1, 0.15) is 5.56 Å². The summed E-state index contributed by atoms with van der Waals surface area (Å²) < 4.78 is 50.9. The Labute approximate surface area is 119 Å².